The minimum atomic E-state index is -0.779. The van der Waals surface area contributed by atoms with Crippen molar-refractivity contribution in [3.05, 3.63) is 61.4 Å². The van der Waals surface area contributed by atoms with E-state index >= 15 is 0 Å². The maximum atomic E-state index is 12.2. The molecule has 10 heteroatoms. The first-order valence-corrected chi connectivity index (χ1v) is 7.06. The second kappa shape index (κ2) is 6.86. The summed E-state index contributed by atoms with van der Waals surface area (Å²) in [4.78, 5) is 32.3. The Bertz CT molecular complexity index is 782. The molecule has 1 heterocycles. The van der Waals surface area contributed by atoms with Crippen LogP contribution in [0.4, 0.5) is 11.4 Å². The second-order valence-electron chi connectivity index (χ2n) is 5.01. The van der Waals surface area contributed by atoms with Crippen molar-refractivity contribution in [1.82, 2.24) is 15.1 Å². The van der Waals surface area contributed by atoms with Crippen LogP contribution in [0.2, 0.25) is 0 Å². The van der Waals surface area contributed by atoms with Crippen LogP contribution in [0.3, 0.4) is 0 Å². The van der Waals surface area contributed by atoms with Crippen LogP contribution in [0.15, 0.2) is 24.4 Å². The van der Waals surface area contributed by atoms with Crippen molar-refractivity contribution < 1.29 is 14.6 Å². The smallest absolute Gasteiger partial charge is 0.277 e. The van der Waals surface area contributed by atoms with Gasteiger partial charge in [0.05, 0.1) is 27.7 Å². The van der Waals surface area contributed by atoms with E-state index in [4.69, 9.17) is 0 Å². The molecule has 2 rings (SSSR count). The Labute approximate surface area is 136 Å². The van der Waals surface area contributed by atoms with Gasteiger partial charge >= 0.3 is 0 Å². The van der Waals surface area contributed by atoms with Crippen molar-refractivity contribution in [2.24, 2.45) is 0 Å². The van der Waals surface area contributed by atoms with Crippen LogP contribution >= 0.6 is 0 Å². The maximum Gasteiger partial charge on any atom is 0.277 e. The first kappa shape index (κ1) is 17.1. The van der Waals surface area contributed by atoms with Gasteiger partial charge in [-0.15, -0.1) is 0 Å². The van der Waals surface area contributed by atoms with Gasteiger partial charge in [0, 0.05) is 36.5 Å². The molecular formula is C14H15N5O5. The lowest BCUT2D eigenvalue weighted by Crippen LogP contribution is -2.23. The molecule has 1 aromatic carbocycles. The van der Waals surface area contributed by atoms with Gasteiger partial charge in [0.15, 0.2) is 0 Å². The van der Waals surface area contributed by atoms with Gasteiger partial charge in [0.1, 0.15) is 0 Å². The van der Waals surface area contributed by atoms with Crippen LogP contribution in [0, 0.1) is 27.2 Å². The summed E-state index contributed by atoms with van der Waals surface area (Å²) in [7, 11) is 0. The number of amides is 1. The molecule has 0 aliphatic heterocycles. The number of nitrogens with zero attached hydrogens (tertiary/aromatic N) is 4. The Morgan fingerprint density at radius 2 is 1.79 bits per heavy atom. The van der Waals surface area contributed by atoms with E-state index in [9.17, 15) is 25.0 Å². The summed E-state index contributed by atoms with van der Waals surface area (Å²) >= 11 is 0. The van der Waals surface area contributed by atoms with Gasteiger partial charge in [-0.25, -0.2) is 0 Å². The highest BCUT2D eigenvalue weighted by molar-refractivity contribution is 5.95. The molecule has 0 aliphatic rings. The highest BCUT2D eigenvalue weighted by atomic mass is 16.6. The quantitative estimate of drug-likeness (QED) is 0.634. The van der Waals surface area contributed by atoms with Gasteiger partial charge in [0.25, 0.3) is 17.3 Å². The van der Waals surface area contributed by atoms with Gasteiger partial charge in [-0.05, 0) is 13.8 Å². The van der Waals surface area contributed by atoms with Crippen molar-refractivity contribution in [2.45, 2.75) is 26.9 Å². The van der Waals surface area contributed by atoms with Gasteiger partial charge in [0.2, 0.25) is 0 Å². The fraction of sp³-hybridized carbons (Fsp3) is 0.286. The summed E-state index contributed by atoms with van der Waals surface area (Å²) in [5.74, 6) is -0.634. The number of aromatic nitrogens is 2. The molecule has 24 heavy (non-hydrogen) atoms. The molecule has 0 saturated carbocycles. The number of carbonyl (C=O) groups is 1. The van der Waals surface area contributed by atoms with Crippen LogP contribution < -0.4 is 5.32 Å². The van der Waals surface area contributed by atoms with Crippen LogP contribution in [-0.4, -0.2) is 25.5 Å². The average molecular weight is 333 g/mol. The van der Waals surface area contributed by atoms with Crippen molar-refractivity contribution >= 4 is 17.3 Å². The fourth-order valence-electron chi connectivity index (χ4n) is 2.19. The number of hydrogen-bond acceptors (Lipinski definition) is 6. The van der Waals surface area contributed by atoms with Crippen molar-refractivity contribution in [1.29, 1.82) is 0 Å². The first-order chi connectivity index (χ1) is 11.3. The topological polar surface area (TPSA) is 133 Å². The van der Waals surface area contributed by atoms with E-state index in [1.165, 1.54) is 0 Å². The SMILES string of the molecule is CCn1ncc(CNC(=O)c2cc([N+](=O)[O-])cc([N+](=O)[O-])c2)c1C. The number of aryl methyl sites for hydroxylation is 1. The predicted octanol–water partition coefficient (Wildman–Crippen LogP) is 1.96. The molecule has 0 unspecified atom stereocenters. The predicted molar refractivity (Wildman–Crippen MR) is 83.6 cm³/mol. The van der Waals surface area contributed by atoms with Crippen molar-refractivity contribution in [3.63, 3.8) is 0 Å². The third-order valence-corrected chi connectivity index (χ3v) is 3.53. The Kier molecular flexibility index (Phi) is 4.87. The number of benzene rings is 1. The zero-order valence-electron chi connectivity index (χ0n) is 13.1. The van der Waals surface area contributed by atoms with E-state index in [1.807, 2.05) is 13.8 Å². The lowest BCUT2D eigenvalue weighted by atomic mass is 10.1. The molecule has 0 aliphatic carbocycles. The number of non-ortho nitro benzene ring substituents is 2. The van der Waals surface area contributed by atoms with Gasteiger partial charge in [-0.2, -0.15) is 5.10 Å². The molecule has 0 radical (unpaired) electrons. The second-order valence-corrected chi connectivity index (χ2v) is 5.01. The van der Waals surface area contributed by atoms with E-state index in [2.05, 4.69) is 10.4 Å². The number of rotatable bonds is 6. The lowest BCUT2D eigenvalue weighted by Gasteiger charge is -2.06. The number of nitrogens with one attached hydrogen (secondary N) is 1. The van der Waals surface area contributed by atoms with E-state index in [0.29, 0.717) is 6.54 Å². The molecule has 1 N–H and O–H groups in total. The molecule has 1 aromatic heterocycles. The molecule has 0 saturated heterocycles. The number of nitro benzene ring substituents is 2. The summed E-state index contributed by atoms with van der Waals surface area (Å²) < 4.78 is 1.76. The summed E-state index contributed by atoms with van der Waals surface area (Å²) in [6, 6.07) is 2.82. The Morgan fingerprint density at radius 3 is 2.25 bits per heavy atom. The molecule has 1 amide bonds. The van der Waals surface area contributed by atoms with Crippen LogP contribution in [0.25, 0.3) is 0 Å². The highest BCUT2D eigenvalue weighted by Crippen LogP contribution is 2.22. The zero-order chi connectivity index (χ0) is 17.9. The van der Waals surface area contributed by atoms with Crippen molar-refractivity contribution in [3.8, 4) is 0 Å². The summed E-state index contributed by atoms with van der Waals surface area (Å²) in [6.45, 7) is 4.65. The lowest BCUT2D eigenvalue weighted by molar-refractivity contribution is -0.394. The summed E-state index contributed by atoms with van der Waals surface area (Å²) in [5.41, 5.74) is 0.526. The van der Waals surface area contributed by atoms with E-state index in [0.717, 1.165) is 29.5 Å². The van der Waals surface area contributed by atoms with Gasteiger partial charge in [-0.3, -0.25) is 29.7 Å². The average Bonchev–Trinajstić information content (AvgIpc) is 2.92. The molecular weight excluding hydrogens is 318 g/mol. The number of nitro groups is 2. The minimum absolute atomic E-state index is 0.142. The first-order valence-electron chi connectivity index (χ1n) is 7.06. The zero-order valence-corrected chi connectivity index (χ0v) is 13.1. The third kappa shape index (κ3) is 3.54. The standard InChI is InChI=1S/C14H15N5O5/c1-3-17-9(2)11(8-16-17)7-15-14(20)10-4-12(18(21)22)6-13(5-10)19(23)24/h4-6,8H,3,7H2,1-2H3,(H,15,20). The number of carbonyl (C=O) groups excluding carboxylic acids is 1. The number of hydrogen-bond donors (Lipinski definition) is 1. The van der Waals surface area contributed by atoms with Gasteiger partial charge in [-0.1, -0.05) is 0 Å². The molecule has 10 nitrogen and oxygen atoms in total. The molecule has 0 atom stereocenters. The van der Waals surface area contributed by atoms with E-state index in [-0.39, 0.29) is 12.1 Å². The Hall–Kier alpha value is -3.30. The summed E-state index contributed by atoms with van der Waals surface area (Å²) in [6.07, 6.45) is 1.62. The normalized spacial score (nSPS) is 10.4. The largest absolute Gasteiger partial charge is 0.348 e. The Balaban J connectivity index is 2.21. The molecule has 126 valence electrons. The fourth-order valence-corrected chi connectivity index (χ4v) is 2.19. The summed E-state index contributed by atoms with van der Waals surface area (Å²) in [5, 5.41) is 28.4. The highest BCUT2D eigenvalue weighted by Gasteiger charge is 2.20. The molecule has 2 aromatic rings. The van der Waals surface area contributed by atoms with Gasteiger partial charge < -0.3 is 5.32 Å². The monoisotopic (exact) mass is 333 g/mol. The van der Waals surface area contributed by atoms with E-state index in [1.54, 1.807) is 10.9 Å². The molecule has 0 spiro atoms. The van der Waals surface area contributed by atoms with Crippen LogP contribution in [0.5, 0.6) is 0 Å². The Morgan fingerprint density at radius 1 is 1.21 bits per heavy atom. The van der Waals surface area contributed by atoms with E-state index < -0.39 is 27.1 Å². The third-order valence-electron chi connectivity index (χ3n) is 3.53. The van der Waals surface area contributed by atoms with Crippen LogP contribution in [0.1, 0.15) is 28.5 Å². The molecule has 0 bridgehead atoms. The van der Waals surface area contributed by atoms with Crippen LogP contribution in [-0.2, 0) is 13.1 Å². The maximum absolute atomic E-state index is 12.2. The molecule has 0 fully saturated rings. The minimum Gasteiger partial charge on any atom is -0.348 e. The van der Waals surface area contributed by atoms with Crippen molar-refractivity contribution in [2.75, 3.05) is 0 Å².